The number of carbonyl (C=O) groups is 1. The molecule has 0 radical (unpaired) electrons. The van der Waals surface area contributed by atoms with E-state index in [1.54, 1.807) is 0 Å². The number of primary sulfonamides is 1. The van der Waals surface area contributed by atoms with Gasteiger partial charge in [0, 0.05) is 18.7 Å². The number of hydrogen-bond acceptors (Lipinski definition) is 4. The van der Waals surface area contributed by atoms with Gasteiger partial charge in [0.25, 0.3) is 0 Å². The van der Waals surface area contributed by atoms with E-state index in [9.17, 15) is 13.2 Å². The molecule has 100 valence electrons. The number of unbranched alkanes of at least 4 members (excludes halogenated alkanes) is 1. The van der Waals surface area contributed by atoms with Crippen LogP contribution < -0.4 is 10.5 Å². The summed E-state index contributed by atoms with van der Waals surface area (Å²) in [5.74, 6) is -0.174. The summed E-state index contributed by atoms with van der Waals surface area (Å²) in [6.45, 7) is 0.0658. The number of aliphatic hydroxyl groups is 1. The number of anilines is 1. The lowest BCUT2D eigenvalue weighted by molar-refractivity contribution is -0.116. The molecule has 4 N–H and O–H groups in total. The van der Waals surface area contributed by atoms with E-state index in [0.717, 1.165) is 0 Å². The molecular formula is C11H16N2O4S. The van der Waals surface area contributed by atoms with Crippen LogP contribution in [0.2, 0.25) is 0 Å². The first-order chi connectivity index (χ1) is 8.43. The second-order valence-electron chi connectivity index (χ2n) is 3.80. The topological polar surface area (TPSA) is 109 Å². The van der Waals surface area contributed by atoms with Crippen LogP contribution in [0.3, 0.4) is 0 Å². The monoisotopic (exact) mass is 272 g/mol. The molecule has 1 amide bonds. The number of hydrogen-bond donors (Lipinski definition) is 3. The fourth-order valence-electron chi connectivity index (χ4n) is 1.35. The van der Waals surface area contributed by atoms with Crippen LogP contribution >= 0.6 is 0 Å². The van der Waals surface area contributed by atoms with Crippen LogP contribution in [0, 0.1) is 0 Å². The summed E-state index contributed by atoms with van der Waals surface area (Å²) < 4.78 is 22.0. The smallest absolute Gasteiger partial charge is 0.238 e. The second-order valence-corrected chi connectivity index (χ2v) is 5.36. The van der Waals surface area contributed by atoms with Crippen LogP contribution in [-0.2, 0) is 14.8 Å². The van der Waals surface area contributed by atoms with Crippen molar-refractivity contribution in [2.45, 2.75) is 24.2 Å². The van der Waals surface area contributed by atoms with E-state index >= 15 is 0 Å². The van der Waals surface area contributed by atoms with Crippen LogP contribution in [0.4, 0.5) is 5.69 Å². The van der Waals surface area contributed by atoms with Crippen LogP contribution in [-0.4, -0.2) is 26.0 Å². The second kappa shape index (κ2) is 6.48. The molecule has 0 atom stereocenters. The molecule has 0 bridgehead atoms. The van der Waals surface area contributed by atoms with Gasteiger partial charge in [-0.2, -0.15) is 0 Å². The van der Waals surface area contributed by atoms with Crippen LogP contribution in [0.15, 0.2) is 29.2 Å². The number of nitrogens with two attached hydrogens (primary N) is 1. The molecule has 1 rings (SSSR count). The zero-order valence-corrected chi connectivity index (χ0v) is 10.6. The lowest BCUT2D eigenvalue weighted by Crippen LogP contribution is -2.13. The van der Waals surface area contributed by atoms with E-state index in [1.165, 1.54) is 24.3 Å². The summed E-state index contributed by atoms with van der Waals surface area (Å²) in [4.78, 5) is 11.4. The van der Waals surface area contributed by atoms with Gasteiger partial charge in [0.05, 0.1) is 4.90 Å². The van der Waals surface area contributed by atoms with Crippen molar-refractivity contribution in [3.05, 3.63) is 24.3 Å². The van der Waals surface area contributed by atoms with E-state index in [2.05, 4.69) is 5.32 Å². The summed E-state index contributed by atoms with van der Waals surface area (Å²) >= 11 is 0. The third-order valence-electron chi connectivity index (χ3n) is 2.28. The van der Waals surface area contributed by atoms with E-state index in [-0.39, 0.29) is 17.4 Å². The molecule has 0 aromatic heterocycles. The summed E-state index contributed by atoms with van der Waals surface area (Å²) in [5.41, 5.74) is 0.511. The molecule has 7 heteroatoms. The van der Waals surface area contributed by atoms with E-state index < -0.39 is 10.0 Å². The Morgan fingerprint density at radius 1 is 1.22 bits per heavy atom. The van der Waals surface area contributed by atoms with Crippen LogP contribution in [0.25, 0.3) is 0 Å². The standard InChI is InChI=1S/C11H16N2O4S/c12-18(16,17)10-6-4-9(5-7-10)13-11(15)3-1-2-8-14/h4-7,14H,1-3,8H2,(H,13,15)(H2,12,16,17). The van der Waals surface area contributed by atoms with Gasteiger partial charge in [-0.3, -0.25) is 4.79 Å². The molecule has 0 heterocycles. The van der Waals surface area contributed by atoms with Gasteiger partial charge in [0.1, 0.15) is 0 Å². The first-order valence-corrected chi connectivity index (χ1v) is 7.01. The number of aliphatic hydroxyl groups excluding tert-OH is 1. The van der Waals surface area contributed by atoms with Crippen LogP contribution in [0.1, 0.15) is 19.3 Å². The highest BCUT2D eigenvalue weighted by atomic mass is 32.2. The minimum absolute atomic E-state index is 0.000722. The molecule has 0 spiro atoms. The lowest BCUT2D eigenvalue weighted by Gasteiger charge is -2.05. The Balaban J connectivity index is 2.56. The zero-order chi connectivity index (χ0) is 13.6. The molecular weight excluding hydrogens is 256 g/mol. The average Bonchev–Trinajstić information content (AvgIpc) is 2.29. The van der Waals surface area contributed by atoms with Crippen LogP contribution in [0.5, 0.6) is 0 Å². The molecule has 18 heavy (non-hydrogen) atoms. The van der Waals surface area contributed by atoms with Crippen molar-refractivity contribution < 1.29 is 18.3 Å². The Kier molecular flexibility index (Phi) is 5.26. The van der Waals surface area contributed by atoms with Gasteiger partial charge >= 0.3 is 0 Å². The predicted octanol–water partition coefficient (Wildman–Crippen LogP) is 0.435. The lowest BCUT2D eigenvalue weighted by atomic mass is 10.2. The highest BCUT2D eigenvalue weighted by Crippen LogP contribution is 2.13. The molecule has 6 nitrogen and oxygen atoms in total. The van der Waals surface area contributed by atoms with Crippen molar-refractivity contribution in [1.82, 2.24) is 0 Å². The van der Waals surface area contributed by atoms with Gasteiger partial charge in [-0.05, 0) is 37.1 Å². The third-order valence-corrected chi connectivity index (χ3v) is 3.21. The third kappa shape index (κ3) is 4.82. The molecule has 0 aliphatic rings. The fraction of sp³-hybridized carbons (Fsp3) is 0.364. The Morgan fingerprint density at radius 3 is 2.33 bits per heavy atom. The van der Waals surface area contributed by atoms with Crippen molar-refractivity contribution in [3.8, 4) is 0 Å². The van der Waals surface area contributed by atoms with Gasteiger partial charge in [0.2, 0.25) is 15.9 Å². The number of benzene rings is 1. The zero-order valence-electron chi connectivity index (χ0n) is 9.80. The number of sulfonamides is 1. The van der Waals surface area contributed by atoms with Crippen molar-refractivity contribution in [2.75, 3.05) is 11.9 Å². The van der Waals surface area contributed by atoms with Crippen molar-refractivity contribution in [3.63, 3.8) is 0 Å². The van der Waals surface area contributed by atoms with E-state index in [1.807, 2.05) is 0 Å². The molecule has 1 aromatic rings. The maximum Gasteiger partial charge on any atom is 0.238 e. The fourth-order valence-corrected chi connectivity index (χ4v) is 1.86. The van der Waals surface area contributed by atoms with Gasteiger partial charge in [-0.15, -0.1) is 0 Å². The molecule has 0 saturated carbocycles. The summed E-state index contributed by atoms with van der Waals surface area (Å²) in [6, 6.07) is 5.62. The first kappa shape index (κ1) is 14.6. The predicted molar refractivity (Wildman–Crippen MR) is 67.4 cm³/mol. The van der Waals surface area contributed by atoms with Gasteiger partial charge in [0.15, 0.2) is 0 Å². The largest absolute Gasteiger partial charge is 0.396 e. The number of carbonyl (C=O) groups excluding carboxylic acids is 1. The minimum Gasteiger partial charge on any atom is -0.396 e. The minimum atomic E-state index is -3.71. The number of amides is 1. The summed E-state index contributed by atoms with van der Waals surface area (Å²) in [7, 11) is -3.71. The first-order valence-electron chi connectivity index (χ1n) is 5.47. The maximum absolute atomic E-state index is 11.4. The molecule has 0 unspecified atom stereocenters. The summed E-state index contributed by atoms with van der Waals surface area (Å²) in [5, 5.41) is 16.1. The van der Waals surface area contributed by atoms with Gasteiger partial charge in [-0.25, -0.2) is 13.6 Å². The average molecular weight is 272 g/mol. The Hall–Kier alpha value is -1.44. The number of rotatable bonds is 6. The van der Waals surface area contributed by atoms with Crippen molar-refractivity contribution >= 4 is 21.6 Å². The molecule has 0 aliphatic heterocycles. The van der Waals surface area contributed by atoms with Crippen molar-refractivity contribution in [2.24, 2.45) is 5.14 Å². The molecule has 0 saturated heterocycles. The Morgan fingerprint density at radius 2 is 1.83 bits per heavy atom. The van der Waals surface area contributed by atoms with E-state index in [4.69, 9.17) is 10.2 Å². The molecule has 0 aliphatic carbocycles. The number of nitrogens with one attached hydrogen (secondary N) is 1. The van der Waals surface area contributed by atoms with Crippen molar-refractivity contribution in [1.29, 1.82) is 0 Å². The SMILES string of the molecule is NS(=O)(=O)c1ccc(NC(=O)CCCCO)cc1. The highest BCUT2D eigenvalue weighted by molar-refractivity contribution is 7.89. The molecule has 0 fully saturated rings. The normalized spacial score (nSPS) is 11.2. The highest BCUT2D eigenvalue weighted by Gasteiger charge is 2.07. The Bertz CT molecular complexity index is 496. The quantitative estimate of drug-likeness (QED) is 0.652. The van der Waals surface area contributed by atoms with Gasteiger partial charge in [-0.1, -0.05) is 0 Å². The summed E-state index contributed by atoms with van der Waals surface area (Å²) in [6.07, 6.45) is 1.51. The van der Waals surface area contributed by atoms with E-state index in [0.29, 0.717) is 24.9 Å². The van der Waals surface area contributed by atoms with Gasteiger partial charge < -0.3 is 10.4 Å². The molecule has 1 aromatic carbocycles. The Labute approximate surface area is 106 Å². The maximum atomic E-state index is 11.4.